The molecule has 0 unspecified atom stereocenters. The summed E-state index contributed by atoms with van der Waals surface area (Å²) in [6.07, 6.45) is 0. The van der Waals surface area contributed by atoms with Gasteiger partial charge in [0.05, 0.1) is 0 Å². The van der Waals surface area contributed by atoms with Crippen LogP contribution in [-0.2, 0) is 0 Å². The van der Waals surface area contributed by atoms with E-state index in [9.17, 15) is 17.6 Å². The first-order valence-corrected chi connectivity index (χ1v) is 6.43. The van der Waals surface area contributed by atoms with Crippen molar-refractivity contribution in [2.45, 2.75) is 8.76 Å². The lowest BCUT2D eigenvalue weighted by Gasteiger charge is -2.09. The molecule has 0 aliphatic heterocycles. The van der Waals surface area contributed by atoms with Crippen molar-refractivity contribution in [3.63, 3.8) is 0 Å². The fourth-order valence-electron chi connectivity index (χ4n) is 0.668. The van der Waals surface area contributed by atoms with Crippen molar-refractivity contribution < 1.29 is 38.8 Å². The maximum Gasteiger partial charge on any atom is 0.520 e. The van der Waals surface area contributed by atoms with Crippen LogP contribution in [0, 0.1) is 3.57 Å². The number of hydrogen-bond donors (Lipinski definition) is 0. The molecule has 14 heavy (non-hydrogen) atoms. The second-order valence-electron chi connectivity index (χ2n) is 2.39. The Hall–Kier alpha value is 0.150. The largest absolute Gasteiger partial charge is 0.520 e. The predicted molar refractivity (Wildman–Crippen MR) is 44.0 cm³/mol. The number of benzene rings is 1. The van der Waals surface area contributed by atoms with Gasteiger partial charge in [-0.3, -0.25) is 0 Å². The topological polar surface area (TPSA) is 0 Å². The highest BCUT2D eigenvalue weighted by molar-refractivity contribution is 9.10. The molecule has 0 nitrogen and oxygen atoms in total. The molecule has 1 aromatic rings. The van der Waals surface area contributed by atoms with Gasteiger partial charge in [0.25, 0.3) is 0 Å². The summed E-state index contributed by atoms with van der Waals surface area (Å²) >= 11 is -0.338. The van der Waals surface area contributed by atoms with E-state index >= 15 is 0 Å². The second-order valence-corrected chi connectivity index (χ2v) is 6.52. The monoisotopic (exact) mass is 383 g/mol. The number of hydrogen-bond acceptors (Lipinski definition) is 0. The normalized spacial score (nSPS) is 12.9. The highest BCUT2D eigenvalue weighted by Gasteiger charge is 2.67. The highest BCUT2D eigenvalue weighted by Crippen LogP contribution is 2.32. The molecule has 0 amide bonds. The van der Waals surface area contributed by atoms with Gasteiger partial charge in [-0.25, -0.2) is 0 Å². The lowest BCUT2D eigenvalue weighted by molar-refractivity contribution is -0.776. The van der Waals surface area contributed by atoms with Gasteiger partial charge in [0.15, 0.2) is 3.57 Å². The molecule has 0 heterocycles. The van der Waals surface area contributed by atoms with Crippen molar-refractivity contribution >= 4 is 15.9 Å². The van der Waals surface area contributed by atoms with Crippen LogP contribution in [0.5, 0.6) is 0 Å². The molecule has 0 aliphatic carbocycles. The van der Waals surface area contributed by atoms with Crippen molar-refractivity contribution in [3.05, 3.63) is 33.9 Å². The van der Waals surface area contributed by atoms with Gasteiger partial charge in [0.1, 0.15) is 0 Å². The van der Waals surface area contributed by atoms with Gasteiger partial charge in [0.2, 0.25) is 0 Å². The number of rotatable bonds is 3. The summed E-state index contributed by atoms with van der Waals surface area (Å²) < 4.78 is 46.8. The predicted octanol–water partition coefficient (Wildman–Crippen LogP) is 0.526. The maximum atomic E-state index is 12.9. The van der Waals surface area contributed by atoms with E-state index in [0.717, 1.165) is 0 Å². The van der Waals surface area contributed by atoms with E-state index < -0.39 is 30.0 Å². The zero-order valence-corrected chi connectivity index (χ0v) is 10.4. The van der Waals surface area contributed by atoms with Crippen LogP contribution in [0.3, 0.4) is 0 Å². The third-order valence-corrected chi connectivity index (χ3v) is 5.22. The Bertz CT molecular complexity index is 296. The van der Waals surface area contributed by atoms with Gasteiger partial charge in [0, 0.05) is 15.9 Å². The van der Waals surface area contributed by atoms with Gasteiger partial charge in [-0.15, -0.1) is 8.78 Å². The van der Waals surface area contributed by atoms with E-state index in [1.54, 1.807) is 34.1 Å². The average molecular weight is 384 g/mol. The lowest BCUT2D eigenvalue weighted by Crippen LogP contribution is -3.68. The summed E-state index contributed by atoms with van der Waals surface area (Å²) in [6, 6.07) is 7.62. The van der Waals surface area contributed by atoms with Crippen LogP contribution in [0.15, 0.2) is 30.3 Å². The minimum absolute atomic E-state index is 0.287. The molecule has 6 heteroatoms. The summed E-state index contributed by atoms with van der Waals surface area (Å²) in [4.78, 5) is -4.12. The van der Waals surface area contributed by atoms with Crippen LogP contribution < -0.4 is 21.2 Å². The Labute approximate surface area is 97.1 Å². The first-order chi connectivity index (χ1) is 6.33. The molecule has 0 N–H and O–H groups in total. The van der Waals surface area contributed by atoms with Crippen LogP contribution >= 0.6 is 15.9 Å². The highest BCUT2D eigenvalue weighted by atomic mass is 127. The Balaban J connectivity index is 2.79. The number of halogens is 6. The molecular formula is C8H5BrF4I+. The molecule has 0 aliphatic rings. The van der Waals surface area contributed by atoms with Crippen LogP contribution in [0.4, 0.5) is 17.6 Å². The summed E-state index contributed by atoms with van der Waals surface area (Å²) in [5.74, 6) is 0. The van der Waals surface area contributed by atoms with E-state index in [4.69, 9.17) is 0 Å². The summed E-state index contributed by atoms with van der Waals surface area (Å²) in [7, 11) is 0. The summed E-state index contributed by atoms with van der Waals surface area (Å²) in [5, 5.41) is 0. The zero-order valence-electron chi connectivity index (χ0n) is 6.65. The van der Waals surface area contributed by atoms with Crippen molar-refractivity contribution in [2.75, 3.05) is 0 Å². The lowest BCUT2D eigenvalue weighted by atomic mass is 10.4. The molecule has 0 radical (unpaired) electrons. The third-order valence-electron chi connectivity index (χ3n) is 1.28. The van der Waals surface area contributed by atoms with Crippen molar-refractivity contribution in [1.82, 2.24) is 0 Å². The standard InChI is InChI=1S/C8H5BrF4I/c9-7(10,11)8(12,13)14-6-4-2-1-3-5-6/h1-5H/q+1. The van der Waals surface area contributed by atoms with E-state index in [2.05, 4.69) is 0 Å². The quantitative estimate of drug-likeness (QED) is 0.406. The smallest absolute Gasteiger partial charge is 0.181 e. The Morgan fingerprint density at radius 2 is 1.50 bits per heavy atom. The SMILES string of the molecule is FC(F)(Br)C(F)(F)[I+]c1ccccc1. The van der Waals surface area contributed by atoms with Gasteiger partial charge in [-0.2, -0.15) is 8.78 Å². The third kappa shape index (κ3) is 3.08. The van der Waals surface area contributed by atoms with Gasteiger partial charge in [-0.05, 0) is 12.1 Å². The Morgan fingerprint density at radius 3 is 1.93 bits per heavy atom. The van der Waals surface area contributed by atoms with Crippen molar-refractivity contribution in [3.8, 4) is 0 Å². The fourth-order valence-corrected chi connectivity index (χ4v) is 3.03. The van der Waals surface area contributed by atoms with E-state index in [-0.39, 0.29) is 3.57 Å². The Kier molecular flexibility index (Phi) is 3.79. The fraction of sp³-hybridized carbons (Fsp3) is 0.250. The Morgan fingerprint density at radius 1 is 1.00 bits per heavy atom. The maximum absolute atomic E-state index is 12.9. The van der Waals surface area contributed by atoms with E-state index in [1.807, 2.05) is 0 Å². The van der Waals surface area contributed by atoms with Crippen molar-refractivity contribution in [1.29, 1.82) is 0 Å². The molecule has 78 valence electrons. The molecule has 1 rings (SSSR count). The first-order valence-electron chi connectivity index (χ1n) is 3.48. The molecular weight excluding hydrogens is 379 g/mol. The first kappa shape index (κ1) is 12.2. The molecule has 0 fully saturated rings. The van der Waals surface area contributed by atoms with Crippen LogP contribution in [-0.4, -0.2) is 8.76 Å². The molecule has 0 saturated heterocycles. The molecule has 0 saturated carbocycles. The summed E-state index contributed by atoms with van der Waals surface area (Å²) in [5.41, 5.74) is 0. The van der Waals surface area contributed by atoms with Gasteiger partial charge >= 0.3 is 30.0 Å². The second kappa shape index (κ2) is 4.34. The average Bonchev–Trinajstić information content (AvgIpc) is 2.03. The number of alkyl halides is 6. The van der Waals surface area contributed by atoms with Crippen LogP contribution in [0.1, 0.15) is 0 Å². The zero-order chi connectivity index (χ0) is 10.8. The van der Waals surface area contributed by atoms with Crippen LogP contribution in [0.25, 0.3) is 0 Å². The van der Waals surface area contributed by atoms with Gasteiger partial charge in [-0.1, -0.05) is 18.2 Å². The van der Waals surface area contributed by atoms with Gasteiger partial charge < -0.3 is 0 Å². The molecule has 0 spiro atoms. The molecule has 0 atom stereocenters. The summed E-state index contributed by atoms with van der Waals surface area (Å²) in [6.45, 7) is 0. The minimum Gasteiger partial charge on any atom is -0.181 e. The van der Waals surface area contributed by atoms with Crippen molar-refractivity contribution in [2.24, 2.45) is 0 Å². The molecule has 0 aromatic heterocycles. The molecule has 1 aromatic carbocycles. The van der Waals surface area contributed by atoms with Crippen LogP contribution in [0.2, 0.25) is 0 Å². The molecule has 0 bridgehead atoms. The van der Waals surface area contributed by atoms with E-state index in [0.29, 0.717) is 0 Å². The van der Waals surface area contributed by atoms with E-state index in [1.165, 1.54) is 12.1 Å². The minimum atomic E-state index is -4.12.